The third-order valence-corrected chi connectivity index (χ3v) is 3.55. The normalized spacial score (nSPS) is 17.2. The Bertz CT molecular complexity index is 500. The molecule has 0 saturated heterocycles. The van der Waals surface area contributed by atoms with E-state index >= 15 is 0 Å². The van der Waals surface area contributed by atoms with Crippen molar-refractivity contribution in [2.24, 2.45) is 5.84 Å². The van der Waals surface area contributed by atoms with Crippen molar-refractivity contribution in [1.29, 1.82) is 0 Å². The maximum Gasteiger partial charge on any atom is 0.573 e. The first-order chi connectivity index (χ1) is 9.98. The molecule has 1 aliphatic rings. The average molecular weight is 300 g/mol. The summed E-state index contributed by atoms with van der Waals surface area (Å²) in [5.74, 6) is 5.33. The molecule has 21 heavy (non-hydrogen) atoms. The number of rotatable bonds is 5. The van der Waals surface area contributed by atoms with Crippen molar-refractivity contribution in [3.8, 4) is 5.75 Å². The Labute approximate surface area is 121 Å². The smallest absolute Gasteiger partial charge is 0.406 e. The van der Waals surface area contributed by atoms with E-state index in [2.05, 4.69) is 16.2 Å². The van der Waals surface area contributed by atoms with Crippen molar-refractivity contribution in [3.63, 3.8) is 0 Å². The highest BCUT2D eigenvalue weighted by atomic mass is 19.4. The fraction of sp³-hybridized carbons (Fsp3) is 0.467. The molecule has 3 N–H and O–H groups in total. The maximum absolute atomic E-state index is 12.3. The summed E-state index contributed by atoms with van der Waals surface area (Å²) in [5, 5.41) is 0. The summed E-state index contributed by atoms with van der Waals surface area (Å²) >= 11 is 0. The van der Waals surface area contributed by atoms with Crippen LogP contribution < -0.4 is 16.0 Å². The number of halogens is 3. The number of hydrogen-bond acceptors (Lipinski definition) is 3. The summed E-state index contributed by atoms with van der Waals surface area (Å²) in [6.45, 7) is 0. The number of allylic oxidation sites excluding steroid dienone is 1. The predicted octanol–water partition coefficient (Wildman–Crippen LogP) is 3.98. The summed E-state index contributed by atoms with van der Waals surface area (Å²) in [4.78, 5) is 0. The zero-order valence-corrected chi connectivity index (χ0v) is 11.6. The van der Waals surface area contributed by atoms with Gasteiger partial charge in [0.05, 0.1) is 0 Å². The molecule has 6 heteroatoms. The molecule has 0 bridgehead atoms. The van der Waals surface area contributed by atoms with E-state index in [1.165, 1.54) is 30.2 Å². The van der Waals surface area contributed by atoms with Crippen LogP contribution in [0.3, 0.4) is 0 Å². The number of hydrogen-bond donors (Lipinski definition) is 2. The second-order valence-electron chi connectivity index (χ2n) is 5.15. The topological polar surface area (TPSA) is 47.3 Å². The standard InChI is InChI=1S/C15H19F3N2O/c16-15(17,18)21-13-8-4-7-12(10-13)14(20-19)9-11-5-2-1-3-6-11/h4-5,7-8,10,14,20H,1-3,6,9,19H2. The zero-order chi connectivity index (χ0) is 15.3. The van der Waals surface area contributed by atoms with Crippen LogP contribution in [0.15, 0.2) is 35.9 Å². The molecular weight excluding hydrogens is 281 g/mol. The first-order valence-electron chi connectivity index (χ1n) is 6.97. The van der Waals surface area contributed by atoms with Crippen molar-refractivity contribution < 1.29 is 17.9 Å². The Hall–Kier alpha value is -1.53. The maximum atomic E-state index is 12.3. The molecule has 0 aliphatic heterocycles. The minimum atomic E-state index is -4.68. The molecule has 1 aromatic carbocycles. The lowest BCUT2D eigenvalue weighted by Gasteiger charge is -2.21. The molecule has 1 aromatic rings. The van der Waals surface area contributed by atoms with Crippen molar-refractivity contribution in [3.05, 3.63) is 41.5 Å². The molecule has 0 saturated carbocycles. The molecule has 1 aliphatic carbocycles. The molecule has 0 fully saturated rings. The molecular formula is C15H19F3N2O. The number of nitrogens with one attached hydrogen (secondary N) is 1. The Morgan fingerprint density at radius 1 is 1.29 bits per heavy atom. The van der Waals surface area contributed by atoms with E-state index in [4.69, 9.17) is 5.84 Å². The Morgan fingerprint density at radius 2 is 2.10 bits per heavy atom. The first-order valence-corrected chi connectivity index (χ1v) is 6.97. The monoisotopic (exact) mass is 300 g/mol. The van der Waals surface area contributed by atoms with E-state index in [-0.39, 0.29) is 11.8 Å². The van der Waals surface area contributed by atoms with E-state index in [0.29, 0.717) is 12.0 Å². The van der Waals surface area contributed by atoms with Gasteiger partial charge in [-0.05, 0) is 49.8 Å². The predicted molar refractivity (Wildman–Crippen MR) is 74.4 cm³/mol. The fourth-order valence-electron chi connectivity index (χ4n) is 2.55. The summed E-state index contributed by atoms with van der Waals surface area (Å²) in [5.41, 5.74) is 4.66. The number of alkyl halides is 3. The van der Waals surface area contributed by atoms with Gasteiger partial charge in [0.1, 0.15) is 5.75 Å². The molecule has 0 aromatic heterocycles. The van der Waals surface area contributed by atoms with Gasteiger partial charge in [0, 0.05) is 6.04 Å². The molecule has 0 radical (unpaired) electrons. The van der Waals surface area contributed by atoms with Crippen LogP contribution in [0, 0.1) is 0 Å². The minimum Gasteiger partial charge on any atom is -0.406 e. The molecule has 0 spiro atoms. The second-order valence-corrected chi connectivity index (χ2v) is 5.15. The minimum absolute atomic E-state index is 0.217. The first kappa shape index (κ1) is 15.9. The number of nitrogens with two attached hydrogens (primary N) is 1. The van der Waals surface area contributed by atoms with Gasteiger partial charge in [-0.1, -0.05) is 23.8 Å². The van der Waals surface area contributed by atoms with Gasteiger partial charge in [-0.2, -0.15) is 0 Å². The van der Waals surface area contributed by atoms with Gasteiger partial charge < -0.3 is 4.74 Å². The lowest BCUT2D eigenvalue weighted by atomic mass is 9.92. The van der Waals surface area contributed by atoms with Gasteiger partial charge in [-0.25, -0.2) is 0 Å². The van der Waals surface area contributed by atoms with E-state index in [9.17, 15) is 13.2 Å². The molecule has 0 amide bonds. The molecule has 3 nitrogen and oxygen atoms in total. The van der Waals surface area contributed by atoms with Crippen LogP contribution in [0.25, 0.3) is 0 Å². The van der Waals surface area contributed by atoms with Crippen LogP contribution in [-0.2, 0) is 0 Å². The van der Waals surface area contributed by atoms with Crippen LogP contribution in [0.1, 0.15) is 43.7 Å². The Balaban J connectivity index is 2.10. The highest BCUT2D eigenvalue weighted by Gasteiger charge is 2.31. The van der Waals surface area contributed by atoms with E-state index in [0.717, 1.165) is 19.3 Å². The third kappa shape index (κ3) is 5.06. The van der Waals surface area contributed by atoms with Crippen LogP contribution in [0.2, 0.25) is 0 Å². The van der Waals surface area contributed by atoms with Crippen LogP contribution in [0.5, 0.6) is 5.75 Å². The third-order valence-electron chi connectivity index (χ3n) is 3.55. The Morgan fingerprint density at radius 3 is 2.71 bits per heavy atom. The quantitative estimate of drug-likeness (QED) is 0.491. The summed E-state index contributed by atoms with van der Waals surface area (Å²) < 4.78 is 40.7. The van der Waals surface area contributed by atoms with E-state index in [1.807, 2.05) is 0 Å². The summed E-state index contributed by atoms with van der Waals surface area (Å²) in [7, 11) is 0. The van der Waals surface area contributed by atoms with Gasteiger partial charge >= 0.3 is 6.36 Å². The van der Waals surface area contributed by atoms with E-state index < -0.39 is 6.36 Å². The van der Waals surface area contributed by atoms with Gasteiger partial charge in [-0.3, -0.25) is 11.3 Å². The van der Waals surface area contributed by atoms with Gasteiger partial charge in [0.25, 0.3) is 0 Å². The second kappa shape index (κ2) is 6.95. The van der Waals surface area contributed by atoms with Gasteiger partial charge in [-0.15, -0.1) is 13.2 Å². The SMILES string of the molecule is NNC(CC1=CCCCC1)c1cccc(OC(F)(F)F)c1. The van der Waals surface area contributed by atoms with Gasteiger partial charge in [0.15, 0.2) is 0 Å². The fourth-order valence-corrected chi connectivity index (χ4v) is 2.55. The van der Waals surface area contributed by atoms with Crippen molar-refractivity contribution in [2.45, 2.75) is 44.5 Å². The van der Waals surface area contributed by atoms with Crippen LogP contribution >= 0.6 is 0 Å². The van der Waals surface area contributed by atoms with Crippen LogP contribution in [-0.4, -0.2) is 6.36 Å². The molecule has 1 atom stereocenters. The molecule has 1 unspecified atom stereocenters. The van der Waals surface area contributed by atoms with Crippen molar-refractivity contribution in [1.82, 2.24) is 5.43 Å². The summed E-state index contributed by atoms with van der Waals surface area (Å²) in [6.07, 6.45) is 2.65. The summed E-state index contributed by atoms with van der Waals surface area (Å²) in [6, 6.07) is 5.73. The average Bonchev–Trinajstić information content (AvgIpc) is 2.44. The van der Waals surface area contributed by atoms with Crippen LogP contribution in [0.4, 0.5) is 13.2 Å². The van der Waals surface area contributed by atoms with Crippen molar-refractivity contribution >= 4 is 0 Å². The zero-order valence-electron chi connectivity index (χ0n) is 11.6. The van der Waals surface area contributed by atoms with Crippen molar-refractivity contribution in [2.75, 3.05) is 0 Å². The molecule has 116 valence electrons. The van der Waals surface area contributed by atoms with E-state index in [1.54, 1.807) is 6.07 Å². The van der Waals surface area contributed by atoms with Gasteiger partial charge in [0.2, 0.25) is 0 Å². The lowest BCUT2D eigenvalue weighted by molar-refractivity contribution is -0.274. The highest BCUT2D eigenvalue weighted by molar-refractivity contribution is 5.31. The number of ether oxygens (including phenoxy) is 1. The highest BCUT2D eigenvalue weighted by Crippen LogP contribution is 2.30. The largest absolute Gasteiger partial charge is 0.573 e. The number of hydrazine groups is 1. The lowest BCUT2D eigenvalue weighted by Crippen LogP contribution is -2.28. The number of benzene rings is 1. The molecule has 2 rings (SSSR count). The Kier molecular flexibility index (Phi) is 5.25. The molecule has 0 heterocycles.